The van der Waals surface area contributed by atoms with Gasteiger partial charge >= 0.3 is 0 Å². The number of aromatic nitrogens is 1. The molecule has 20 heavy (non-hydrogen) atoms. The molecule has 1 aromatic carbocycles. The first kappa shape index (κ1) is 14.8. The second-order valence-electron chi connectivity index (χ2n) is 4.23. The predicted molar refractivity (Wildman–Crippen MR) is 79.1 cm³/mol. The predicted octanol–water partition coefficient (Wildman–Crippen LogP) is 2.30. The van der Waals surface area contributed by atoms with E-state index >= 15 is 0 Å². The number of rotatable bonds is 4. The maximum Gasteiger partial charge on any atom is 0.263 e. The monoisotopic (exact) mass is 311 g/mol. The lowest BCUT2D eigenvalue weighted by Gasteiger charge is -2.09. The number of benzene rings is 1. The molecule has 0 aliphatic carbocycles. The Hall–Kier alpha value is -1.63. The van der Waals surface area contributed by atoms with Crippen molar-refractivity contribution in [3.63, 3.8) is 0 Å². The third-order valence-electron chi connectivity index (χ3n) is 2.68. The van der Waals surface area contributed by atoms with Crippen molar-refractivity contribution in [2.75, 3.05) is 4.72 Å². The molecule has 0 spiro atoms. The molecule has 0 bridgehead atoms. The van der Waals surface area contributed by atoms with Crippen molar-refractivity contribution in [2.24, 2.45) is 5.73 Å². The van der Waals surface area contributed by atoms with Crippen molar-refractivity contribution < 1.29 is 8.42 Å². The standard InChI is InChI=1S/C13H14ClN3O2S/c1-9-3-2-4-13(16-9)17-20(18,19)11-6-5-10(8-15)12(14)7-11/h2-7H,8,15H2,1H3,(H,16,17). The highest BCUT2D eigenvalue weighted by molar-refractivity contribution is 7.92. The van der Waals surface area contributed by atoms with E-state index in [1.165, 1.54) is 12.1 Å². The number of nitrogens with one attached hydrogen (secondary N) is 1. The quantitative estimate of drug-likeness (QED) is 0.907. The number of pyridine rings is 1. The average Bonchev–Trinajstić information content (AvgIpc) is 2.38. The fraction of sp³-hybridized carbons (Fsp3) is 0.154. The maximum atomic E-state index is 12.2. The van der Waals surface area contributed by atoms with Crippen LogP contribution in [0, 0.1) is 6.92 Å². The molecule has 0 fully saturated rings. The molecule has 106 valence electrons. The second-order valence-corrected chi connectivity index (χ2v) is 6.32. The number of nitrogens with two attached hydrogens (primary N) is 1. The fourth-order valence-corrected chi connectivity index (χ4v) is 3.01. The van der Waals surface area contributed by atoms with E-state index in [1.54, 1.807) is 31.2 Å². The number of anilines is 1. The van der Waals surface area contributed by atoms with Crippen molar-refractivity contribution in [3.8, 4) is 0 Å². The normalized spacial score (nSPS) is 11.3. The molecule has 0 atom stereocenters. The molecule has 0 aliphatic heterocycles. The topological polar surface area (TPSA) is 85.1 Å². The summed E-state index contributed by atoms with van der Waals surface area (Å²) in [5.74, 6) is 0.268. The molecule has 7 heteroatoms. The van der Waals surface area contributed by atoms with Gasteiger partial charge in [0, 0.05) is 17.3 Å². The molecule has 0 amide bonds. The summed E-state index contributed by atoms with van der Waals surface area (Å²) in [5, 5.41) is 0.326. The number of hydrogen-bond acceptors (Lipinski definition) is 4. The van der Waals surface area contributed by atoms with Gasteiger partial charge in [-0.05, 0) is 36.8 Å². The third-order valence-corrected chi connectivity index (χ3v) is 4.39. The molecule has 3 N–H and O–H groups in total. The summed E-state index contributed by atoms with van der Waals surface area (Å²) in [6.45, 7) is 2.04. The van der Waals surface area contributed by atoms with Gasteiger partial charge in [-0.3, -0.25) is 4.72 Å². The van der Waals surface area contributed by atoms with E-state index in [4.69, 9.17) is 17.3 Å². The van der Waals surface area contributed by atoms with Crippen molar-refractivity contribution >= 4 is 27.4 Å². The van der Waals surface area contributed by atoms with Gasteiger partial charge in [-0.15, -0.1) is 0 Å². The minimum atomic E-state index is -3.72. The minimum absolute atomic E-state index is 0.0722. The first-order chi connectivity index (χ1) is 9.42. The first-order valence-corrected chi connectivity index (χ1v) is 7.73. The van der Waals surface area contributed by atoms with Crippen molar-refractivity contribution in [3.05, 3.63) is 52.7 Å². The smallest absolute Gasteiger partial charge is 0.263 e. The third kappa shape index (κ3) is 3.27. The first-order valence-electron chi connectivity index (χ1n) is 5.87. The molecule has 1 heterocycles. The summed E-state index contributed by atoms with van der Waals surface area (Å²) in [4.78, 5) is 4.17. The highest BCUT2D eigenvalue weighted by Gasteiger charge is 2.16. The van der Waals surface area contributed by atoms with Crippen molar-refractivity contribution in [1.82, 2.24) is 4.98 Å². The molecule has 0 saturated heterocycles. The Morgan fingerprint density at radius 1 is 1.30 bits per heavy atom. The van der Waals surface area contributed by atoms with Crippen LogP contribution < -0.4 is 10.5 Å². The highest BCUT2D eigenvalue weighted by atomic mass is 35.5. The van der Waals surface area contributed by atoms with E-state index in [1.807, 2.05) is 0 Å². The summed E-state index contributed by atoms with van der Waals surface area (Å²) < 4.78 is 26.9. The van der Waals surface area contributed by atoms with E-state index in [0.717, 1.165) is 5.69 Å². The Morgan fingerprint density at radius 3 is 2.65 bits per heavy atom. The van der Waals surface area contributed by atoms with E-state index in [2.05, 4.69) is 9.71 Å². The zero-order valence-corrected chi connectivity index (χ0v) is 12.4. The van der Waals surface area contributed by atoms with Crippen molar-refractivity contribution in [2.45, 2.75) is 18.4 Å². The lowest BCUT2D eigenvalue weighted by Crippen LogP contribution is -2.14. The van der Waals surface area contributed by atoms with Crippen LogP contribution in [0.4, 0.5) is 5.82 Å². The average molecular weight is 312 g/mol. The van der Waals surface area contributed by atoms with Gasteiger partial charge in [-0.25, -0.2) is 13.4 Å². The van der Waals surface area contributed by atoms with Gasteiger partial charge < -0.3 is 5.73 Å². The minimum Gasteiger partial charge on any atom is -0.326 e. The van der Waals surface area contributed by atoms with E-state index < -0.39 is 10.0 Å². The molecule has 2 aromatic rings. The molecular weight excluding hydrogens is 298 g/mol. The summed E-state index contributed by atoms with van der Waals surface area (Å²) in [6.07, 6.45) is 0. The van der Waals surface area contributed by atoms with E-state index in [9.17, 15) is 8.42 Å². The zero-order valence-electron chi connectivity index (χ0n) is 10.8. The highest BCUT2D eigenvalue weighted by Crippen LogP contribution is 2.22. The van der Waals surface area contributed by atoms with E-state index in [-0.39, 0.29) is 17.3 Å². The molecule has 0 unspecified atom stereocenters. The number of hydrogen-bond donors (Lipinski definition) is 2. The van der Waals surface area contributed by atoms with Crippen LogP contribution in [-0.2, 0) is 16.6 Å². The van der Waals surface area contributed by atoms with Crippen LogP contribution >= 0.6 is 11.6 Å². The Balaban J connectivity index is 2.33. The number of aryl methyl sites for hydroxylation is 1. The molecule has 0 aliphatic rings. The number of sulfonamides is 1. The zero-order chi connectivity index (χ0) is 14.8. The maximum absolute atomic E-state index is 12.2. The van der Waals surface area contributed by atoms with E-state index in [0.29, 0.717) is 10.6 Å². The van der Waals surface area contributed by atoms with Crippen LogP contribution in [-0.4, -0.2) is 13.4 Å². The second kappa shape index (κ2) is 5.78. The van der Waals surface area contributed by atoms with Gasteiger partial charge in [0.05, 0.1) is 4.90 Å². The van der Waals surface area contributed by atoms with Gasteiger partial charge in [0.1, 0.15) is 5.82 Å². The van der Waals surface area contributed by atoms with Gasteiger partial charge in [0.2, 0.25) is 0 Å². The van der Waals surface area contributed by atoms with Gasteiger partial charge in [0.25, 0.3) is 10.0 Å². The Labute approximate surface area is 122 Å². The molecular formula is C13H14ClN3O2S. The van der Waals surface area contributed by atoms with Crippen LogP contribution in [0.3, 0.4) is 0 Å². The molecule has 0 saturated carbocycles. The van der Waals surface area contributed by atoms with Crippen LogP contribution in [0.25, 0.3) is 0 Å². The van der Waals surface area contributed by atoms with Crippen LogP contribution in [0.15, 0.2) is 41.3 Å². The Morgan fingerprint density at radius 2 is 2.05 bits per heavy atom. The Bertz CT molecular complexity index is 732. The van der Waals surface area contributed by atoms with Gasteiger partial charge in [-0.1, -0.05) is 23.7 Å². The lowest BCUT2D eigenvalue weighted by atomic mass is 10.2. The molecule has 0 radical (unpaired) electrons. The fourth-order valence-electron chi connectivity index (χ4n) is 1.66. The molecule has 1 aromatic heterocycles. The summed E-state index contributed by atoms with van der Waals surface area (Å²) in [5.41, 5.74) is 6.91. The lowest BCUT2D eigenvalue weighted by molar-refractivity contribution is 0.601. The summed E-state index contributed by atoms with van der Waals surface area (Å²) >= 11 is 5.98. The number of nitrogens with zero attached hydrogens (tertiary/aromatic N) is 1. The van der Waals surface area contributed by atoms with Crippen LogP contribution in [0.5, 0.6) is 0 Å². The van der Waals surface area contributed by atoms with Crippen molar-refractivity contribution in [1.29, 1.82) is 0 Å². The molecule has 5 nitrogen and oxygen atoms in total. The largest absolute Gasteiger partial charge is 0.326 e. The van der Waals surface area contributed by atoms with Crippen LogP contribution in [0.1, 0.15) is 11.3 Å². The SMILES string of the molecule is Cc1cccc(NS(=O)(=O)c2ccc(CN)c(Cl)c2)n1. The Kier molecular flexibility index (Phi) is 4.27. The van der Waals surface area contributed by atoms with Gasteiger partial charge in [0.15, 0.2) is 0 Å². The molecule has 2 rings (SSSR count). The summed E-state index contributed by atoms with van der Waals surface area (Å²) in [6, 6.07) is 9.53. The van der Waals surface area contributed by atoms with Crippen LogP contribution in [0.2, 0.25) is 5.02 Å². The van der Waals surface area contributed by atoms with Gasteiger partial charge in [-0.2, -0.15) is 0 Å². The number of halogens is 1. The summed E-state index contributed by atoms with van der Waals surface area (Å²) in [7, 11) is -3.72.